The molecule has 3 rings (SSSR count). The van der Waals surface area contributed by atoms with E-state index in [1.54, 1.807) is 12.1 Å². The quantitative estimate of drug-likeness (QED) is 0.804. The molecule has 8 heteroatoms. The van der Waals surface area contributed by atoms with Gasteiger partial charge in [0.1, 0.15) is 0 Å². The monoisotopic (exact) mass is 413 g/mol. The third-order valence-electron chi connectivity index (χ3n) is 5.17. The number of nitrogens with one attached hydrogen (secondary N) is 1. The summed E-state index contributed by atoms with van der Waals surface area (Å²) in [5, 5.41) is 3.38. The second kappa shape index (κ2) is 9.73. The zero-order valence-corrected chi connectivity index (χ0v) is 16.8. The van der Waals surface area contributed by atoms with Gasteiger partial charge in [0.15, 0.2) is 0 Å². The Morgan fingerprint density at radius 2 is 1.78 bits per heavy atom. The molecule has 0 spiro atoms. The number of ether oxygens (including phenoxy) is 1. The van der Waals surface area contributed by atoms with Crippen LogP contribution >= 0.6 is 23.2 Å². The van der Waals surface area contributed by atoms with E-state index in [1.807, 2.05) is 4.90 Å². The third kappa shape index (κ3) is 5.82. The van der Waals surface area contributed by atoms with E-state index in [0.29, 0.717) is 21.5 Å². The molecule has 0 radical (unpaired) electrons. The molecule has 0 aromatic heterocycles. The Morgan fingerprint density at radius 1 is 1.07 bits per heavy atom. The van der Waals surface area contributed by atoms with Crippen LogP contribution in [0.15, 0.2) is 18.2 Å². The Hall–Kier alpha value is -1.34. The molecule has 2 heterocycles. The van der Waals surface area contributed by atoms with Gasteiger partial charge in [0, 0.05) is 38.3 Å². The van der Waals surface area contributed by atoms with Gasteiger partial charge in [-0.15, -0.1) is 0 Å². The fraction of sp³-hybridized carbons (Fsp3) is 0.579. The van der Waals surface area contributed by atoms with E-state index in [4.69, 9.17) is 27.9 Å². The van der Waals surface area contributed by atoms with Gasteiger partial charge in [-0.1, -0.05) is 23.2 Å². The largest absolute Gasteiger partial charge is 0.379 e. The molecule has 1 N–H and O–H groups in total. The van der Waals surface area contributed by atoms with Gasteiger partial charge in [0.05, 0.1) is 29.8 Å². The maximum absolute atomic E-state index is 12.4. The molecule has 6 nitrogen and oxygen atoms in total. The van der Waals surface area contributed by atoms with Gasteiger partial charge in [0.25, 0.3) is 5.91 Å². The summed E-state index contributed by atoms with van der Waals surface area (Å²) in [6, 6.07) is 4.66. The summed E-state index contributed by atoms with van der Waals surface area (Å²) in [7, 11) is 0. The summed E-state index contributed by atoms with van der Waals surface area (Å²) in [5.74, 6) is 0.246. The number of nitrogens with zero attached hydrogens (tertiary/aromatic N) is 2. The van der Waals surface area contributed by atoms with E-state index in [-0.39, 0.29) is 18.4 Å². The van der Waals surface area contributed by atoms with Gasteiger partial charge in [-0.25, -0.2) is 0 Å². The summed E-state index contributed by atoms with van der Waals surface area (Å²) in [6.07, 6.45) is 2.01. The zero-order chi connectivity index (χ0) is 19.2. The SMILES string of the molecule is O=C(NCC(=O)N1CCC(CN2CCOCC2)CC1)c1ccc(Cl)c(Cl)c1. The van der Waals surface area contributed by atoms with Gasteiger partial charge >= 0.3 is 0 Å². The minimum absolute atomic E-state index is 0.00674. The van der Waals surface area contributed by atoms with Gasteiger partial charge in [-0.3, -0.25) is 14.5 Å². The van der Waals surface area contributed by atoms with E-state index in [2.05, 4.69) is 10.2 Å². The van der Waals surface area contributed by atoms with Crippen LogP contribution in [-0.4, -0.2) is 74.1 Å². The molecule has 148 valence electrons. The number of amides is 2. The first-order valence-corrected chi connectivity index (χ1v) is 10.1. The molecule has 27 heavy (non-hydrogen) atoms. The first-order valence-electron chi connectivity index (χ1n) is 9.34. The molecule has 0 unspecified atom stereocenters. The highest BCUT2D eigenvalue weighted by Gasteiger charge is 2.25. The minimum atomic E-state index is -0.330. The van der Waals surface area contributed by atoms with Crippen LogP contribution in [0.2, 0.25) is 10.0 Å². The summed E-state index contributed by atoms with van der Waals surface area (Å²) in [5.41, 5.74) is 0.390. The molecule has 2 aliphatic rings. The van der Waals surface area contributed by atoms with Crippen LogP contribution in [0.1, 0.15) is 23.2 Å². The first kappa shape index (κ1) is 20.4. The number of carbonyl (C=O) groups excluding carboxylic acids is 2. The van der Waals surface area contributed by atoms with E-state index in [1.165, 1.54) is 6.07 Å². The number of carbonyl (C=O) groups is 2. The highest BCUT2D eigenvalue weighted by molar-refractivity contribution is 6.42. The topological polar surface area (TPSA) is 61.9 Å². The smallest absolute Gasteiger partial charge is 0.251 e. The Kier molecular flexibility index (Phi) is 7.35. The van der Waals surface area contributed by atoms with Crippen molar-refractivity contribution in [3.05, 3.63) is 33.8 Å². The minimum Gasteiger partial charge on any atom is -0.379 e. The van der Waals surface area contributed by atoms with Crippen LogP contribution in [0.25, 0.3) is 0 Å². The molecule has 2 amide bonds. The lowest BCUT2D eigenvalue weighted by Gasteiger charge is -2.36. The number of hydrogen-bond donors (Lipinski definition) is 1. The predicted molar refractivity (Wildman–Crippen MR) is 105 cm³/mol. The lowest BCUT2D eigenvalue weighted by Crippen LogP contribution is -2.46. The van der Waals surface area contributed by atoms with Crippen molar-refractivity contribution in [1.29, 1.82) is 0 Å². The molecular formula is C19H25Cl2N3O3. The van der Waals surface area contributed by atoms with Crippen molar-refractivity contribution in [3.63, 3.8) is 0 Å². The molecule has 1 aromatic rings. The lowest BCUT2D eigenvalue weighted by molar-refractivity contribution is -0.131. The molecule has 0 atom stereocenters. The van der Waals surface area contributed by atoms with Gasteiger partial charge in [0.2, 0.25) is 5.91 Å². The molecule has 0 saturated carbocycles. The second-order valence-electron chi connectivity index (χ2n) is 7.05. The second-order valence-corrected chi connectivity index (χ2v) is 7.86. The van der Waals surface area contributed by atoms with Crippen molar-refractivity contribution < 1.29 is 14.3 Å². The van der Waals surface area contributed by atoms with E-state index >= 15 is 0 Å². The maximum atomic E-state index is 12.4. The number of rotatable bonds is 5. The first-order chi connectivity index (χ1) is 13.0. The van der Waals surface area contributed by atoms with Crippen molar-refractivity contribution in [1.82, 2.24) is 15.1 Å². The number of hydrogen-bond acceptors (Lipinski definition) is 4. The van der Waals surface area contributed by atoms with E-state index < -0.39 is 0 Å². The van der Waals surface area contributed by atoms with Gasteiger partial charge < -0.3 is 15.0 Å². The number of likely N-dealkylation sites (tertiary alicyclic amines) is 1. The average Bonchev–Trinajstić information content (AvgIpc) is 2.69. The van der Waals surface area contributed by atoms with Crippen molar-refractivity contribution >= 4 is 35.0 Å². The summed E-state index contributed by atoms with van der Waals surface area (Å²) < 4.78 is 5.38. The summed E-state index contributed by atoms with van der Waals surface area (Å²) in [6.45, 7) is 6.20. The van der Waals surface area contributed by atoms with Crippen LogP contribution in [0.4, 0.5) is 0 Å². The normalized spacial score (nSPS) is 19.1. The van der Waals surface area contributed by atoms with Crippen molar-refractivity contribution in [2.75, 3.05) is 52.5 Å². The lowest BCUT2D eigenvalue weighted by atomic mass is 9.96. The van der Waals surface area contributed by atoms with Crippen LogP contribution < -0.4 is 5.32 Å². The molecule has 0 bridgehead atoms. The summed E-state index contributed by atoms with van der Waals surface area (Å²) in [4.78, 5) is 28.8. The average molecular weight is 414 g/mol. The number of halogens is 2. The number of benzene rings is 1. The molecule has 2 aliphatic heterocycles. The molecule has 1 aromatic carbocycles. The highest BCUT2D eigenvalue weighted by Crippen LogP contribution is 2.22. The molecule has 0 aliphatic carbocycles. The number of piperidine rings is 1. The Balaban J connectivity index is 1.40. The van der Waals surface area contributed by atoms with Crippen LogP contribution in [-0.2, 0) is 9.53 Å². The Morgan fingerprint density at radius 3 is 2.44 bits per heavy atom. The standard InChI is InChI=1S/C19H25Cl2N3O3/c20-16-2-1-15(11-17(16)21)19(26)22-12-18(25)24-5-3-14(4-6-24)13-23-7-9-27-10-8-23/h1-2,11,14H,3-10,12-13H2,(H,22,26). The Bertz CT molecular complexity index is 672. The van der Waals surface area contributed by atoms with Crippen molar-refractivity contribution in [2.24, 2.45) is 5.92 Å². The third-order valence-corrected chi connectivity index (χ3v) is 5.91. The molecule has 2 fully saturated rings. The Labute approximate surface area is 169 Å². The number of morpholine rings is 1. The van der Waals surface area contributed by atoms with E-state index in [0.717, 1.165) is 58.8 Å². The van der Waals surface area contributed by atoms with Gasteiger partial charge in [-0.05, 0) is 37.0 Å². The van der Waals surface area contributed by atoms with E-state index in [9.17, 15) is 9.59 Å². The summed E-state index contributed by atoms with van der Waals surface area (Å²) >= 11 is 11.8. The van der Waals surface area contributed by atoms with Crippen LogP contribution in [0.5, 0.6) is 0 Å². The van der Waals surface area contributed by atoms with Crippen molar-refractivity contribution in [2.45, 2.75) is 12.8 Å². The fourth-order valence-corrected chi connectivity index (χ4v) is 3.82. The zero-order valence-electron chi connectivity index (χ0n) is 15.3. The maximum Gasteiger partial charge on any atom is 0.251 e. The molecular weight excluding hydrogens is 389 g/mol. The van der Waals surface area contributed by atoms with Crippen molar-refractivity contribution in [3.8, 4) is 0 Å². The predicted octanol–water partition coefficient (Wildman–Crippen LogP) is 2.29. The van der Waals surface area contributed by atoms with Crippen LogP contribution in [0, 0.1) is 5.92 Å². The molecule has 2 saturated heterocycles. The van der Waals surface area contributed by atoms with Gasteiger partial charge in [-0.2, -0.15) is 0 Å². The highest BCUT2D eigenvalue weighted by atomic mass is 35.5. The fourth-order valence-electron chi connectivity index (χ4n) is 3.52. The van der Waals surface area contributed by atoms with Crippen LogP contribution in [0.3, 0.4) is 0 Å².